The Morgan fingerprint density at radius 3 is 2.80 bits per heavy atom. The summed E-state index contributed by atoms with van der Waals surface area (Å²) in [5, 5.41) is 0. The molecule has 15 heavy (non-hydrogen) atoms. The molecule has 1 aliphatic rings. The molecule has 1 aromatic carbocycles. The topological polar surface area (TPSA) is 9.23 Å². The van der Waals surface area contributed by atoms with E-state index in [9.17, 15) is 0 Å². The highest BCUT2D eigenvalue weighted by Gasteiger charge is 2.14. The van der Waals surface area contributed by atoms with Crippen LogP contribution >= 0.6 is 27.7 Å². The van der Waals surface area contributed by atoms with Gasteiger partial charge in [-0.2, -0.15) is 11.8 Å². The third kappa shape index (κ3) is 3.82. The minimum absolute atomic E-state index is 0.505. The first kappa shape index (κ1) is 11.5. The number of hydrogen-bond donors (Lipinski definition) is 0. The van der Waals surface area contributed by atoms with Gasteiger partial charge in [-0.15, -0.1) is 0 Å². The zero-order chi connectivity index (χ0) is 10.5. The van der Waals surface area contributed by atoms with Crippen molar-refractivity contribution in [3.05, 3.63) is 34.3 Å². The molecule has 82 valence electrons. The van der Waals surface area contributed by atoms with Crippen molar-refractivity contribution in [2.24, 2.45) is 0 Å². The predicted molar refractivity (Wildman–Crippen MR) is 69.3 cm³/mol. The average Bonchev–Trinajstić information content (AvgIpc) is 2.74. The number of benzene rings is 1. The fourth-order valence-corrected chi connectivity index (χ4v) is 3.00. The maximum atomic E-state index is 5.58. The molecule has 0 saturated carbocycles. The van der Waals surface area contributed by atoms with Gasteiger partial charge < -0.3 is 4.74 Å². The van der Waals surface area contributed by atoms with Crippen LogP contribution < -0.4 is 0 Å². The highest BCUT2D eigenvalue weighted by molar-refractivity contribution is 9.10. The molecule has 1 aromatic rings. The maximum absolute atomic E-state index is 5.58. The summed E-state index contributed by atoms with van der Waals surface area (Å²) in [5.74, 6) is 2.23. The van der Waals surface area contributed by atoms with Crippen LogP contribution in [0.15, 0.2) is 28.7 Å². The summed E-state index contributed by atoms with van der Waals surface area (Å²) in [6.45, 7) is 0.962. The fraction of sp³-hybridized carbons (Fsp3) is 0.500. The summed E-state index contributed by atoms with van der Waals surface area (Å²) in [5.41, 5.74) is 1.39. The van der Waals surface area contributed by atoms with Gasteiger partial charge in [0.2, 0.25) is 0 Å². The van der Waals surface area contributed by atoms with Gasteiger partial charge in [-0.25, -0.2) is 0 Å². The minimum atomic E-state index is 0.505. The van der Waals surface area contributed by atoms with Crippen LogP contribution in [0.5, 0.6) is 0 Å². The minimum Gasteiger partial charge on any atom is -0.377 e. The van der Waals surface area contributed by atoms with Crippen molar-refractivity contribution in [3.8, 4) is 0 Å². The van der Waals surface area contributed by atoms with Gasteiger partial charge in [0.05, 0.1) is 6.10 Å². The summed E-state index contributed by atoms with van der Waals surface area (Å²) in [7, 11) is 0. The van der Waals surface area contributed by atoms with Crippen LogP contribution in [0.2, 0.25) is 0 Å². The lowest BCUT2D eigenvalue weighted by Crippen LogP contribution is -2.07. The number of thioether (sulfide) groups is 1. The van der Waals surface area contributed by atoms with E-state index in [0.29, 0.717) is 6.10 Å². The van der Waals surface area contributed by atoms with Crippen molar-refractivity contribution in [1.82, 2.24) is 0 Å². The molecule has 0 aromatic heterocycles. The lowest BCUT2D eigenvalue weighted by molar-refractivity contribution is 0.129. The van der Waals surface area contributed by atoms with E-state index in [-0.39, 0.29) is 0 Å². The van der Waals surface area contributed by atoms with Crippen molar-refractivity contribution >= 4 is 27.7 Å². The Labute approximate surface area is 104 Å². The van der Waals surface area contributed by atoms with Crippen molar-refractivity contribution in [1.29, 1.82) is 0 Å². The molecule has 1 heterocycles. The molecule has 1 aliphatic heterocycles. The molecule has 0 aliphatic carbocycles. The predicted octanol–water partition coefficient (Wildman–Crippen LogP) is 3.86. The highest BCUT2D eigenvalue weighted by Crippen LogP contribution is 2.21. The second-order valence-electron chi connectivity index (χ2n) is 3.78. The van der Waals surface area contributed by atoms with E-state index in [4.69, 9.17) is 4.74 Å². The van der Waals surface area contributed by atoms with Gasteiger partial charge in [-0.1, -0.05) is 28.1 Å². The first-order valence-corrected chi connectivity index (χ1v) is 7.23. The molecule has 1 nitrogen and oxygen atoms in total. The molecule has 1 fully saturated rings. The second kappa shape index (κ2) is 5.92. The third-order valence-corrected chi connectivity index (χ3v) is 4.18. The molecule has 0 N–H and O–H groups in total. The Morgan fingerprint density at radius 1 is 1.33 bits per heavy atom. The van der Waals surface area contributed by atoms with Gasteiger partial charge >= 0.3 is 0 Å². The van der Waals surface area contributed by atoms with Crippen LogP contribution in [-0.2, 0) is 10.5 Å². The molecule has 0 radical (unpaired) electrons. The molecular formula is C12H15BrOS. The quantitative estimate of drug-likeness (QED) is 0.831. The summed E-state index contributed by atoms with van der Waals surface area (Å²) >= 11 is 5.41. The van der Waals surface area contributed by atoms with Crippen molar-refractivity contribution in [2.45, 2.75) is 24.7 Å². The smallest absolute Gasteiger partial charge is 0.0666 e. The zero-order valence-electron chi connectivity index (χ0n) is 8.62. The summed E-state index contributed by atoms with van der Waals surface area (Å²) in [4.78, 5) is 0. The van der Waals surface area contributed by atoms with Gasteiger partial charge in [0.15, 0.2) is 0 Å². The summed E-state index contributed by atoms with van der Waals surface area (Å²) in [6, 6.07) is 8.54. The first-order chi connectivity index (χ1) is 7.34. The van der Waals surface area contributed by atoms with Gasteiger partial charge in [-0.05, 0) is 30.5 Å². The van der Waals surface area contributed by atoms with E-state index >= 15 is 0 Å². The van der Waals surface area contributed by atoms with Gasteiger partial charge in [0.25, 0.3) is 0 Å². The highest BCUT2D eigenvalue weighted by atomic mass is 79.9. The number of halogens is 1. The van der Waals surface area contributed by atoms with Crippen LogP contribution in [0.25, 0.3) is 0 Å². The van der Waals surface area contributed by atoms with Crippen LogP contribution in [0.3, 0.4) is 0 Å². The van der Waals surface area contributed by atoms with E-state index in [1.165, 1.54) is 18.4 Å². The zero-order valence-corrected chi connectivity index (χ0v) is 11.0. The summed E-state index contributed by atoms with van der Waals surface area (Å²) < 4.78 is 6.73. The molecule has 1 atom stereocenters. The van der Waals surface area contributed by atoms with Crippen molar-refractivity contribution in [2.75, 3.05) is 12.4 Å². The molecule has 0 amide bonds. The van der Waals surface area contributed by atoms with Crippen LogP contribution in [0, 0.1) is 0 Å². The standard InChI is InChI=1S/C12H15BrOS/c13-11-5-3-10(4-6-11)8-15-9-12-2-1-7-14-12/h3-6,12H,1-2,7-9H2. The SMILES string of the molecule is Brc1ccc(CSCC2CCCO2)cc1. The number of ether oxygens (including phenoxy) is 1. The Balaban J connectivity index is 1.71. The van der Waals surface area contributed by atoms with E-state index in [2.05, 4.69) is 40.2 Å². The van der Waals surface area contributed by atoms with Crippen LogP contribution in [-0.4, -0.2) is 18.5 Å². The molecule has 1 saturated heterocycles. The Kier molecular flexibility index (Phi) is 4.54. The first-order valence-electron chi connectivity index (χ1n) is 5.28. The lowest BCUT2D eigenvalue weighted by Gasteiger charge is -2.08. The Bertz CT molecular complexity index is 293. The molecule has 0 bridgehead atoms. The molecule has 1 unspecified atom stereocenters. The maximum Gasteiger partial charge on any atom is 0.0666 e. The Hall–Kier alpha value is 0.01000. The van der Waals surface area contributed by atoms with E-state index in [1.54, 1.807) is 0 Å². The second-order valence-corrected chi connectivity index (χ2v) is 5.72. The van der Waals surface area contributed by atoms with Gasteiger partial charge in [0.1, 0.15) is 0 Å². The largest absolute Gasteiger partial charge is 0.377 e. The van der Waals surface area contributed by atoms with Crippen molar-refractivity contribution < 1.29 is 4.74 Å². The number of hydrogen-bond acceptors (Lipinski definition) is 2. The van der Waals surface area contributed by atoms with Crippen LogP contribution in [0.4, 0.5) is 0 Å². The fourth-order valence-electron chi connectivity index (χ4n) is 1.66. The van der Waals surface area contributed by atoms with Gasteiger partial charge in [-0.3, -0.25) is 0 Å². The van der Waals surface area contributed by atoms with E-state index in [0.717, 1.165) is 22.6 Å². The number of rotatable bonds is 4. The molecule has 2 rings (SSSR count). The van der Waals surface area contributed by atoms with Gasteiger partial charge in [0, 0.05) is 22.6 Å². The third-order valence-electron chi connectivity index (χ3n) is 2.51. The average molecular weight is 287 g/mol. The van der Waals surface area contributed by atoms with E-state index in [1.807, 2.05) is 11.8 Å². The molecule has 0 spiro atoms. The molecule has 3 heteroatoms. The monoisotopic (exact) mass is 286 g/mol. The molecular weight excluding hydrogens is 272 g/mol. The Morgan fingerprint density at radius 2 is 2.13 bits per heavy atom. The lowest BCUT2D eigenvalue weighted by atomic mass is 10.2. The normalized spacial score (nSPS) is 20.7. The van der Waals surface area contributed by atoms with Crippen LogP contribution in [0.1, 0.15) is 18.4 Å². The van der Waals surface area contributed by atoms with E-state index < -0.39 is 0 Å². The van der Waals surface area contributed by atoms with Crippen molar-refractivity contribution in [3.63, 3.8) is 0 Å². The summed E-state index contributed by atoms with van der Waals surface area (Å²) in [6.07, 6.45) is 2.99.